The molecule has 98 valence electrons. The molecule has 6 heteroatoms. The van der Waals surface area contributed by atoms with Gasteiger partial charge < -0.3 is 16.2 Å². The molecule has 0 heterocycles. The summed E-state index contributed by atoms with van der Waals surface area (Å²) in [6.45, 7) is 3.92. The second-order valence-corrected chi connectivity index (χ2v) is 4.85. The molecule has 0 aromatic carbocycles. The number of aliphatic hydroxyl groups is 1. The predicted molar refractivity (Wildman–Crippen MR) is 72.1 cm³/mol. The standard InChI is InChI=1S/C10H22N2O2S.ClH/c1-7(2)9(11)10(14)12-8(4-5-13)6-15-3;/h7-9,13H,4-6,11H2,1-3H3,(H,12,14);1H/t8?,9-;/m0./s1. The van der Waals surface area contributed by atoms with Crippen molar-refractivity contribution >= 4 is 30.1 Å². The summed E-state index contributed by atoms with van der Waals surface area (Å²) in [6, 6.07) is -0.449. The lowest BCUT2D eigenvalue weighted by Gasteiger charge is -2.21. The summed E-state index contributed by atoms with van der Waals surface area (Å²) in [5, 5.41) is 11.7. The van der Waals surface area contributed by atoms with Crippen LogP contribution >= 0.6 is 24.2 Å². The van der Waals surface area contributed by atoms with E-state index in [1.54, 1.807) is 11.8 Å². The van der Waals surface area contributed by atoms with E-state index in [0.717, 1.165) is 5.75 Å². The minimum Gasteiger partial charge on any atom is -0.396 e. The topological polar surface area (TPSA) is 75.3 Å². The van der Waals surface area contributed by atoms with E-state index in [0.29, 0.717) is 6.42 Å². The summed E-state index contributed by atoms with van der Waals surface area (Å²) in [5.74, 6) is 0.809. The number of nitrogens with two attached hydrogens (primary N) is 1. The monoisotopic (exact) mass is 270 g/mol. The van der Waals surface area contributed by atoms with Crippen LogP contribution in [0.2, 0.25) is 0 Å². The number of amides is 1. The van der Waals surface area contributed by atoms with E-state index in [9.17, 15) is 4.79 Å². The third-order valence-corrected chi connectivity index (χ3v) is 2.95. The molecule has 0 aliphatic rings. The Morgan fingerprint density at radius 2 is 2.06 bits per heavy atom. The van der Waals surface area contributed by atoms with Crippen LogP contribution in [0.1, 0.15) is 20.3 Å². The molecule has 0 saturated carbocycles. The highest BCUT2D eigenvalue weighted by atomic mass is 35.5. The molecule has 4 nitrogen and oxygen atoms in total. The van der Waals surface area contributed by atoms with Crippen LogP contribution in [0, 0.1) is 5.92 Å². The first kappa shape index (κ1) is 18.4. The van der Waals surface area contributed by atoms with Gasteiger partial charge in [0.15, 0.2) is 0 Å². The fourth-order valence-corrected chi connectivity index (χ4v) is 1.81. The first-order chi connectivity index (χ1) is 7.02. The van der Waals surface area contributed by atoms with Crippen LogP contribution in [-0.4, -0.2) is 41.7 Å². The number of carbonyl (C=O) groups excluding carboxylic acids is 1. The Bertz CT molecular complexity index is 188. The molecule has 0 aromatic heterocycles. The Morgan fingerprint density at radius 3 is 2.44 bits per heavy atom. The predicted octanol–water partition coefficient (Wildman–Crippen LogP) is 0.622. The van der Waals surface area contributed by atoms with E-state index in [-0.39, 0.29) is 36.9 Å². The molecule has 16 heavy (non-hydrogen) atoms. The normalized spacial score (nSPS) is 14.1. The maximum atomic E-state index is 11.6. The lowest BCUT2D eigenvalue weighted by Crippen LogP contribution is -2.48. The van der Waals surface area contributed by atoms with Gasteiger partial charge >= 0.3 is 0 Å². The molecule has 4 N–H and O–H groups in total. The number of hydrogen-bond acceptors (Lipinski definition) is 4. The molecule has 0 saturated heterocycles. The van der Waals surface area contributed by atoms with Crippen LogP contribution < -0.4 is 11.1 Å². The molecule has 1 unspecified atom stereocenters. The van der Waals surface area contributed by atoms with Gasteiger partial charge in [-0.1, -0.05) is 13.8 Å². The van der Waals surface area contributed by atoms with Crippen molar-refractivity contribution in [3.05, 3.63) is 0 Å². The van der Waals surface area contributed by atoms with E-state index < -0.39 is 6.04 Å². The van der Waals surface area contributed by atoms with Crippen molar-refractivity contribution in [1.29, 1.82) is 0 Å². The Balaban J connectivity index is 0. The zero-order valence-electron chi connectivity index (χ0n) is 10.1. The Hall–Kier alpha value is 0.0300. The SMILES string of the molecule is CSCC(CCO)NC(=O)[C@@H](N)C(C)C.Cl. The third-order valence-electron chi connectivity index (χ3n) is 2.21. The average molecular weight is 271 g/mol. The second kappa shape index (κ2) is 10.2. The van der Waals surface area contributed by atoms with E-state index in [2.05, 4.69) is 5.32 Å². The molecule has 0 radical (unpaired) electrons. The largest absolute Gasteiger partial charge is 0.396 e. The van der Waals surface area contributed by atoms with Gasteiger partial charge in [0.2, 0.25) is 5.91 Å². The van der Waals surface area contributed by atoms with Gasteiger partial charge in [0.1, 0.15) is 0 Å². The van der Waals surface area contributed by atoms with E-state index in [1.807, 2.05) is 20.1 Å². The maximum absolute atomic E-state index is 11.6. The Kier molecular flexibility index (Phi) is 11.7. The fourth-order valence-electron chi connectivity index (χ4n) is 1.15. The molecule has 1 amide bonds. The first-order valence-corrected chi connectivity index (χ1v) is 6.58. The highest BCUT2D eigenvalue weighted by Crippen LogP contribution is 2.04. The lowest BCUT2D eigenvalue weighted by atomic mass is 10.0. The summed E-state index contributed by atoms with van der Waals surface area (Å²) in [5.41, 5.74) is 5.72. The highest BCUT2D eigenvalue weighted by Gasteiger charge is 2.19. The lowest BCUT2D eigenvalue weighted by molar-refractivity contribution is -0.123. The molecule has 0 aromatic rings. The summed E-state index contributed by atoms with van der Waals surface area (Å²) in [6.07, 6.45) is 2.55. The molecule has 0 spiro atoms. The number of carbonyl (C=O) groups is 1. The van der Waals surface area contributed by atoms with E-state index in [4.69, 9.17) is 10.8 Å². The summed E-state index contributed by atoms with van der Waals surface area (Å²) < 4.78 is 0. The molecule has 0 aliphatic heterocycles. The third kappa shape index (κ3) is 7.33. The molecule has 2 atom stereocenters. The van der Waals surface area contributed by atoms with Crippen LogP contribution in [0.5, 0.6) is 0 Å². The quantitative estimate of drug-likeness (QED) is 0.634. The molecule has 0 rings (SSSR count). The molecular weight excluding hydrogens is 248 g/mol. The number of thioether (sulfide) groups is 1. The summed E-state index contributed by atoms with van der Waals surface area (Å²) in [4.78, 5) is 11.6. The van der Waals surface area contributed by atoms with E-state index in [1.165, 1.54) is 0 Å². The van der Waals surface area contributed by atoms with Crippen molar-refractivity contribution in [2.24, 2.45) is 11.7 Å². The van der Waals surface area contributed by atoms with Crippen molar-refractivity contribution in [2.75, 3.05) is 18.6 Å². The zero-order valence-corrected chi connectivity index (χ0v) is 11.7. The van der Waals surface area contributed by atoms with Crippen molar-refractivity contribution < 1.29 is 9.90 Å². The van der Waals surface area contributed by atoms with Crippen molar-refractivity contribution in [1.82, 2.24) is 5.32 Å². The second-order valence-electron chi connectivity index (χ2n) is 3.94. The van der Waals surface area contributed by atoms with Crippen LogP contribution in [0.15, 0.2) is 0 Å². The van der Waals surface area contributed by atoms with Crippen LogP contribution in [-0.2, 0) is 4.79 Å². The summed E-state index contributed by atoms with van der Waals surface area (Å²) >= 11 is 1.65. The first-order valence-electron chi connectivity index (χ1n) is 5.18. The van der Waals surface area contributed by atoms with Gasteiger partial charge in [0, 0.05) is 18.4 Å². The van der Waals surface area contributed by atoms with Crippen molar-refractivity contribution in [3.8, 4) is 0 Å². The number of aliphatic hydroxyl groups excluding tert-OH is 1. The van der Waals surface area contributed by atoms with Gasteiger partial charge in [-0.2, -0.15) is 11.8 Å². The van der Waals surface area contributed by atoms with Gasteiger partial charge in [-0.3, -0.25) is 4.79 Å². The zero-order chi connectivity index (χ0) is 11.8. The van der Waals surface area contributed by atoms with Gasteiger partial charge in [0.05, 0.1) is 6.04 Å². The number of hydrogen-bond donors (Lipinski definition) is 3. The fraction of sp³-hybridized carbons (Fsp3) is 0.900. The van der Waals surface area contributed by atoms with Crippen LogP contribution in [0.4, 0.5) is 0 Å². The minimum atomic E-state index is -0.465. The van der Waals surface area contributed by atoms with E-state index >= 15 is 0 Å². The van der Waals surface area contributed by atoms with Crippen LogP contribution in [0.25, 0.3) is 0 Å². The molecule has 0 fully saturated rings. The van der Waals surface area contributed by atoms with Crippen molar-refractivity contribution in [3.63, 3.8) is 0 Å². The van der Waals surface area contributed by atoms with Gasteiger partial charge in [-0.05, 0) is 18.6 Å². The Morgan fingerprint density at radius 1 is 1.50 bits per heavy atom. The number of nitrogens with one attached hydrogen (secondary N) is 1. The van der Waals surface area contributed by atoms with Gasteiger partial charge in [0.25, 0.3) is 0 Å². The number of halogens is 1. The molecular formula is C10H23ClN2O2S. The average Bonchev–Trinajstić information content (AvgIpc) is 2.17. The summed E-state index contributed by atoms with van der Waals surface area (Å²) in [7, 11) is 0. The number of rotatable bonds is 7. The molecule has 0 aliphatic carbocycles. The van der Waals surface area contributed by atoms with Crippen LogP contribution in [0.3, 0.4) is 0 Å². The Labute approximate surface area is 108 Å². The van der Waals surface area contributed by atoms with Crippen molar-refractivity contribution in [2.45, 2.75) is 32.4 Å². The minimum absolute atomic E-state index is 0. The smallest absolute Gasteiger partial charge is 0.237 e. The maximum Gasteiger partial charge on any atom is 0.237 e. The highest BCUT2D eigenvalue weighted by molar-refractivity contribution is 7.98. The van der Waals surface area contributed by atoms with Gasteiger partial charge in [-0.25, -0.2) is 0 Å². The molecule has 0 bridgehead atoms. The van der Waals surface area contributed by atoms with Gasteiger partial charge in [-0.15, -0.1) is 12.4 Å².